The van der Waals surface area contributed by atoms with Crippen molar-refractivity contribution in [3.8, 4) is 0 Å². The number of rotatable bonds is 3. The third-order valence-corrected chi connectivity index (χ3v) is 4.64. The van der Waals surface area contributed by atoms with Crippen molar-refractivity contribution in [2.24, 2.45) is 11.3 Å². The van der Waals surface area contributed by atoms with Crippen LogP contribution in [0.25, 0.3) is 0 Å². The van der Waals surface area contributed by atoms with Crippen molar-refractivity contribution in [3.63, 3.8) is 0 Å². The van der Waals surface area contributed by atoms with Crippen LogP contribution in [-0.2, 0) is 9.47 Å². The van der Waals surface area contributed by atoms with Crippen LogP contribution >= 0.6 is 0 Å². The minimum absolute atomic E-state index is 0.0716. The molecule has 3 aliphatic heterocycles. The fourth-order valence-electron chi connectivity index (χ4n) is 3.65. The van der Waals surface area contributed by atoms with Crippen molar-refractivity contribution in [1.29, 1.82) is 0 Å². The van der Waals surface area contributed by atoms with Crippen molar-refractivity contribution < 1.29 is 9.47 Å². The van der Waals surface area contributed by atoms with Crippen LogP contribution in [0.3, 0.4) is 0 Å². The Labute approximate surface area is 110 Å². The number of ether oxygens (including phenoxy) is 2. The van der Waals surface area contributed by atoms with Gasteiger partial charge >= 0.3 is 0 Å². The van der Waals surface area contributed by atoms with Crippen LogP contribution in [-0.4, -0.2) is 57.1 Å². The van der Waals surface area contributed by atoms with Gasteiger partial charge in [0, 0.05) is 25.6 Å². The van der Waals surface area contributed by atoms with E-state index in [-0.39, 0.29) is 6.29 Å². The Morgan fingerprint density at radius 3 is 2.89 bits per heavy atom. The van der Waals surface area contributed by atoms with E-state index in [1.165, 1.54) is 45.4 Å². The molecule has 4 heteroatoms. The summed E-state index contributed by atoms with van der Waals surface area (Å²) in [4.78, 5) is 2.63. The lowest BCUT2D eigenvalue weighted by molar-refractivity contribution is -0.102. The van der Waals surface area contributed by atoms with Gasteiger partial charge in [0.25, 0.3) is 0 Å². The van der Waals surface area contributed by atoms with Crippen molar-refractivity contribution in [1.82, 2.24) is 10.2 Å². The summed E-state index contributed by atoms with van der Waals surface area (Å²) in [5, 5.41) is 3.49. The summed E-state index contributed by atoms with van der Waals surface area (Å²) in [6, 6.07) is 0. The van der Waals surface area contributed by atoms with E-state index in [1.54, 1.807) is 0 Å². The summed E-state index contributed by atoms with van der Waals surface area (Å²) in [5.41, 5.74) is 0.472. The van der Waals surface area contributed by atoms with Gasteiger partial charge in [0.1, 0.15) is 0 Å². The Kier molecular flexibility index (Phi) is 3.89. The molecule has 0 bridgehead atoms. The fraction of sp³-hybridized carbons (Fsp3) is 1.00. The lowest BCUT2D eigenvalue weighted by atomic mass is 9.87. The molecule has 0 saturated carbocycles. The average molecular weight is 254 g/mol. The molecule has 3 fully saturated rings. The molecule has 0 aromatic carbocycles. The minimum atomic E-state index is 0.0716. The minimum Gasteiger partial charge on any atom is -0.350 e. The monoisotopic (exact) mass is 254 g/mol. The Hall–Kier alpha value is -0.160. The van der Waals surface area contributed by atoms with Crippen LogP contribution in [0.5, 0.6) is 0 Å². The van der Waals surface area contributed by atoms with Gasteiger partial charge in [0.2, 0.25) is 0 Å². The molecule has 4 nitrogen and oxygen atoms in total. The molecule has 0 spiro atoms. The van der Waals surface area contributed by atoms with E-state index in [4.69, 9.17) is 9.47 Å². The normalized spacial score (nSPS) is 39.5. The Morgan fingerprint density at radius 1 is 1.33 bits per heavy atom. The first-order chi connectivity index (χ1) is 8.75. The second-order valence-electron chi connectivity index (χ2n) is 6.48. The molecule has 3 heterocycles. The summed E-state index contributed by atoms with van der Waals surface area (Å²) < 4.78 is 11.3. The lowest BCUT2D eigenvalue weighted by Gasteiger charge is -2.38. The molecule has 2 atom stereocenters. The first kappa shape index (κ1) is 12.9. The van der Waals surface area contributed by atoms with Crippen LogP contribution in [0.15, 0.2) is 0 Å². The van der Waals surface area contributed by atoms with Gasteiger partial charge in [-0.15, -0.1) is 0 Å². The molecule has 3 saturated heterocycles. The van der Waals surface area contributed by atoms with Gasteiger partial charge in [-0.1, -0.05) is 6.92 Å². The summed E-state index contributed by atoms with van der Waals surface area (Å²) in [5.74, 6) is 0.583. The zero-order valence-electron chi connectivity index (χ0n) is 11.5. The number of hydrogen-bond acceptors (Lipinski definition) is 4. The highest BCUT2D eigenvalue weighted by molar-refractivity contribution is 4.88. The highest BCUT2D eigenvalue weighted by Gasteiger charge is 2.35. The summed E-state index contributed by atoms with van der Waals surface area (Å²) in [7, 11) is 0. The molecule has 0 radical (unpaired) electrons. The number of nitrogens with zero attached hydrogens (tertiary/aromatic N) is 1. The second-order valence-corrected chi connectivity index (χ2v) is 6.48. The molecule has 0 aromatic rings. The highest BCUT2D eigenvalue weighted by atomic mass is 16.7. The first-order valence-corrected chi connectivity index (χ1v) is 7.42. The summed E-state index contributed by atoms with van der Waals surface area (Å²) >= 11 is 0. The maximum atomic E-state index is 5.67. The molecule has 3 aliphatic rings. The molecule has 0 aromatic heterocycles. The number of piperidine rings is 1. The topological polar surface area (TPSA) is 33.7 Å². The van der Waals surface area contributed by atoms with Gasteiger partial charge in [-0.25, -0.2) is 0 Å². The molecule has 2 unspecified atom stereocenters. The van der Waals surface area contributed by atoms with Crippen molar-refractivity contribution in [2.75, 3.05) is 45.9 Å². The van der Waals surface area contributed by atoms with E-state index in [2.05, 4.69) is 17.1 Å². The molecular formula is C14H26N2O2. The predicted molar refractivity (Wildman–Crippen MR) is 70.4 cm³/mol. The number of hydrogen-bond donors (Lipinski definition) is 1. The van der Waals surface area contributed by atoms with Crippen LogP contribution in [0.2, 0.25) is 0 Å². The maximum Gasteiger partial charge on any atom is 0.161 e. The Bertz CT molecular complexity index is 273. The van der Waals surface area contributed by atoms with Crippen LogP contribution in [0.4, 0.5) is 0 Å². The van der Waals surface area contributed by atoms with Gasteiger partial charge < -0.3 is 19.7 Å². The molecule has 1 N–H and O–H groups in total. The standard InChI is InChI=1S/C14H26N2O2/c1-14(4-5-15-10-14)11-16-6-2-3-12(9-16)13-17-7-8-18-13/h12-13,15H,2-11H2,1H3. The van der Waals surface area contributed by atoms with Crippen molar-refractivity contribution in [2.45, 2.75) is 32.5 Å². The maximum absolute atomic E-state index is 5.67. The van der Waals surface area contributed by atoms with E-state index in [0.717, 1.165) is 19.8 Å². The Balaban J connectivity index is 1.53. The number of nitrogens with one attached hydrogen (secondary N) is 1. The molecule has 0 amide bonds. The zero-order chi connectivity index (χ0) is 12.4. The van der Waals surface area contributed by atoms with Crippen molar-refractivity contribution in [3.05, 3.63) is 0 Å². The molecule has 104 valence electrons. The number of likely N-dealkylation sites (tertiary alicyclic amines) is 1. The summed E-state index contributed by atoms with van der Waals surface area (Å²) in [6.45, 7) is 9.96. The van der Waals surface area contributed by atoms with E-state index in [0.29, 0.717) is 11.3 Å². The predicted octanol–water partition coefficient (Wildman–Crippen LogP) is 1.07. The second kappa shape index (κ2) is 5.45. The quantitative estimate of drug-likeness (QED) is 0.817. The third-order valence-electron chi connectivity index (χ3n) is 4.64. The molecule has 0 aliphatic carbocycles. The molecule has 18 heavy (non-hydrogen) atoms. The van der Waals surface area contributed by atoms with E-state index >= 15 is 0 Å². The van der Waals surface area contributed by atoms with E-state index in [9.17, 15) is 0 Å². The van der Waals surface area contributed by atoms with Gasteiger partial charge in [0.15, 0.2) is 6.29 Å². The van der Waals surface area contributed by atoms with Crippen LogP contribution in [0.1, 0.15) is 26.2 Å². The lowest BCUT2D eigenvalue weighted by Crippen LogP contribution is -2.45. The first-order valence-electron chi connectivity index (χ1n) is 7.42. The van der Waals surface area contributed by atoms with Gasteiger partial charge in [-0.2, -0.15) is 0 Å². The Morgan fingerprint density at radius 2 is 2.17 bits per heavy atom. The van der Waals surface area contributed by atoms with E-state index in [1.807, 2.05) is 0 Å². The largest absolute Gasteiger partial charge is 0.350 e. The third kappa shape index (κ3) is 2.87. The highest BCUT2D eigenvalue weighted by Crippen LogP contribution is 2.30. The van der Waals surface area contributed by atoms with Gasteiger partial charge in [0.05, 0.1) is 13.2 Å². The molecule has 3 rings (SSSR count). The summed E-state index contributed by atoms with van der Waals surface area (Å²) in [6.07, 6.45) is 3.93. The van der Waals surface area contributed by atoms with Gasteiger partial charge in [-0.05, 0) is 37.8 Å². The average Bonchev–Trinajstić information content (AvgIpc) is 3.01. The molecular weight excluding hydrogens is 228 g/mol. The fourth-order valence-corrected chi connectivity index (χ4v) is 3.65. The van der Waals surface area contributed by atoms with E-state index < -0.39 is 0 Å². The SMILES string of the molecule is CC1(CN2CCCC(C3OCCO3)C2)CCNC1. The zero-order valence-corrected chi connectivity index (χ0v) is 11.5. The van der Waals surface area contributed by atoms with Crippen LogP contribution < -0.4 is 5.32 Å². The van der Waals surface area contributed by atoms with Crippen molar-refractivity contribution >= 4 is 0 Å². The smallest absolute Gasteiger partial charge is 0.161 e. The van der Waals surface area contributed by atoms with Crippen LogP contribution in [0, 0.1) is 11.3 Å². The van der Waals surface area contributed by atoms with Gasteiger partial charge in [-0.3, -0.25) is 0 Å².